The molecule has 2 aliphatic rings. The number of carboxylic acid groups (broad SMARTS) is 1. The van der Waals surface area contributed by atoms with Crippen LogP contribution in [0.1, 0.15) is 47.0 Å². The molecule has 3 atom stereocenters. The van der Waals surface area contributed by atoms with Gasteiger partial charge in [-0.2, -0.15) is 0 Å². The summed E-state index contributed by atoms with van der Waals surface area (Å²) in [5, 5.41) is 13.2. The third-order valence-corrected chi connectivity index (χ3v) is 4.57. The van der Waals surface area contributed by atoms with Crippen molar-refractivity contribution in [2.24, 2.45) is 11.8 Å². The second-order valence-electron chi connectivity index (χ2n) is 6.97. The fraction of sp³-hybridized carbons (Fsp3) is 0.933. The minimum atomic E-state index is -0.744. The molecule has 1 aliphatic carbocycles. The highest BCUT2D eigenvalue weighted by molar-refractivity contribution is 5.80. The first-order valence-electron chi connectivity index (χ1n) is 7.60. The van der Waals surface area contributed by atoms with E-state index in [2.05, 4.69) is 24.1 Å². The molecule has 0 amide bonds. The molecule has 2 N–H and O–H groups in total. The van der Waals surface area contributed by atoms with Gasteiger partial charge in [-0.3, -0.25) is 15.0 Å². The molecule has 0 aromatic heterocycles. The molecular formula is C15H28N2O2. The van der Waals surface area contributed by atoms with E-state index in [1.165, 1.54) is 6.42 Å². The zero-order chi connectivity index (χ0) is 14.2. The Morgan fingerprint density at radius 3 is 2.42 bits per heavy atom. The van der Waals surface area contributed by atoms with Gasteiger partial charge in [0.15, 0.2) is 0 Å². The molecule has 110 valence electrons. The lowest BCUT2D eigenvalue weighted by Gasteiger charge is -2.37. The fourth-order valence-corrected chi connectivity index (χ4v) is 3.61. The predicted octanol–water partition coefficient (Wildman–Crippen LogP) is 1.95. The van der Waals surface area contributed by atoms with E-state index < -0.39 is 11.5 Å². The van der Waals surface area contributed by atoms with Crippen molar-refractivity contribution >= 4 is 5.97 Å². The average Bonchev–Trinajstić information content (AvgIpc) is 3.05. The summed E-state index contributed by atoms with van der Waals surface area (Å²) in [5.41, 5.74) is -0.744. The van der Waals surface area contributed by atoms with E-state index >= 15 is 0 Å². The van der Waals surface area contributed by atoms with Crippen molar-refractivity contribution in [3.05, 3.63) is 0 Å². The normalized spacial score (nSPS) is 31.6. The summed E-state index contributed by atoms with van der Waals surface area (Å²) in [4.78, 5) is 14.3. The third kappa shape index (κ3) is 3.11. The quantitative estimate of drug-likeness (QED) is 0.773. The van der Waals surface area contributed by atoms with Crippen molar-refractivity contribution in [2.45, 2.75) is 64.6 Å². The molecule has 0 aromatic carbocycles. The molecule has 1 saturated carbocycles. The zero-order valence-electron chi connectivity index (χ0n) is 12.6. The number of aliphatic carboxylic acids is 1. The third-order valence-electron chi connectivity index (χ3n) is 4.57. The van der Waals surface area contributed by atoms with Crippen molar-refractivity contribution < 1.29 is 9.90 Å². The summed E-state index contributed by atoms with van der Waals surface area (Å²) < 4.78 is 0. The maximum Gasteiger partial charge on any atom is 0.325 e. The van der Waals surface area contributed by atoms with Crippen LogP contribution >= 0.6 is 0 Å². The van der Waals surface area contributed by atoms with E-state index in [1.807, 2.05) is 13.8 Å². The second-order valence-corrected chi connectivity index (χ2v) is 6.97. The Labute approximate surface area is 116 Å². The summed E-state index contributed by atoms with van der Waals surface area (Å²) in [5.74, 6) is 0.311. The van der Waals surface area contributed by atoms with E-state index in [4.69, 9.17) is 0 Å². The number of hydrogen-bond donors (Lipinski definition) is 2. The molecule has 3 unspecified atom stereocenters. The van der Waals surface area contributed by atoms with Crippen LogP contribution in [0.3, 0.4) is 0 Å². The molecule has 19 heavy (non-hydrogen) atoms. The van der Waals surface area contributed by atoms with Crippen molar-refractivity contribution in [1.29, 1.82) is 0 Å². The van der Waals surface area contributed by atoms with Crippen molar-refractivity contribution in [2.75, 3.05) is 13.1 Å². The van der Waals surface area contributed by atoms with Crippen LogP contribution in [0.2, 0.25) is 0 Å². The first-order valence-corrected chi connectivity index (χ1v) is 7.60. The predicted molar refractivity (Wildman–Crippen MR) is 76.2 cm³/mol. The van der Waals surface area contributed by atoms with Crippen molar-refractivity contribution in [1.82, 2.24) is 10.2 Å². The summed E-state index contributed by atoms with van der Waals surface area (Å²) in [6, 6.07) is 0.702. The van der Waals surface area contributed by atoms with Crippen LogP contribution in [0.15, 0.2) is 0 Å². The summed E-state index contributed by atoms with van der Waals surface area (Å²) in [6.07, 6.45) is 3.27. The monoisotopic (exact) mass is 268 g/mol. The molecule has 0 radical (unpaired) electrons. The maximum atomic E-state index is 11.9. The van der Waals surface area contributed by atoms with Gasteiger partial charge in [-0.15, -0.1) is 0 Å². The fourth-order valence-electron chi connectivity index (χ4n) is 3.61. The first kappa shape index (κ1) is 14.8. The number of nitrogens with one attached hydrogen (secondary N) is 1. The molecule has 2 rings (SSSR count). The number of carbonyl (C=O) groups is 1. The van der Waals surface area contributed by atoms with Gasteiger partial charge in [0.2, 0.25) is 0 Å². The smallest absolute Gasteiger partial charge is 0.325 e. The summed E-state index contributed by atoms with van der Waals surface area (Å²) >= 11 is 0. The molecule has 0 aromatic rings. The Morgan fingerprint density at radius 2 is 2.05 bits per heavy atom. The standard InChI is InChI=1S/C15H28N2O2/c1-10(2)16-15(14(18)19,13-5-6-13)9-17-8-11(3)7-12(17)4/h10-13,16H,5-9H2,1-4H3,(H,18,19). The zero-order valence-corrected chi connectivity index (χ0v) is 12.6. The van der Waals surface area contributed by atoms with Crippen molar-refractivity contribution in [3.63, 3.8) is 0 Å². The summed E-state index contributed by atoms with van der Waals surface area (Å²) in [6.45, 7) is 10.2. The van der Waals surface area contributed by atoms with Crippen LogP contribution in [0.4, 0.5) is 0 Å². The highest BCUT2D eigenvalue weighted by Gasteiger charge is 2.53. The highest BCUT2D eigenvalue weighted by Crippen LogP contribution is 2.42. The number of carboxylic acids is 1. The van der Waals surface area contributed by atoms with E-state index in [0.717, 1.165) is 19.4 Å². The van der Waals surface area contributed by atoms with Crippen molar-refractivity contribution in [3.8, 4) is 0 Å². The van der Waals surface area contributed by atoms with E-state index in [9.17, 15) is 9.90 Å². The maximum absolute atomic E-state index is 11.9. The van der Waals surface area contributed by atoms with Gasteiger partial charge in [-0.05, 0) is 51.9 Å². The molecule has 0 spiro atoms. The Bertz CT molecular complexity index is 341. The van der Waals surface area contributed by atoms with Crippen LogP contribution in [-0.4, -0.2) is 46.7 Å². The van der Waals surface area contributed by atoms with Gasteiger partial charge in [0.25, 0.3) is 0 Å². The summed E-state index contributed by atoms with van der Waals surface area (Å²) in [7, 11) is 0. The lowest BCUT2D eigenvalue weighted by molar-refractivity contribution is -0.147. The molecule has 1 saturated heterocycles. The van der Waals surface area contributed by atoms with Gasteiger partial charge in [-0.1, -0.05) is 6.92 Å². The number of hydrogen-bond acceptors (Lipinski definition) is 3. The molecule has 4 nitrogen and oxygen atoms in total. The topological polar surface area (TPSA) is 52.6 Å². The molecular weight excluding hydrogens is 240 g/mol. The largest absolute Gasteiger partial charge is 0.480 e. The average molecular weight is 268 g/mol. The first-order chi connectivity index (χ1) is 8.85. The van der Waals surface area contributed by atoms with E-state index in [1.54, 1.807) is 0 Å². The van der Waals surface area contributed by atoms with Crippen LogP contribution in [0.5, 0.6) is 0 Å². The number of rotatable bonds is 6. The van der Waals surface area contributed by atoms with Crippen LogP contribution < -0.4 is 5.32 Å². The van der Waals surface area contributed by atoms with Gasteiger partial charge in [0.1, 0.15) is 5.54 Å². The Balaban J connectivity index is 2.15. The Hall–Kier alpha value is -0.610. The van der Waals surface area contributed by atoms with Crippen LogP contribution in [-0.2, 0) is 4.79 Å². The molecule has 4 heteroatoms. The Morgan fingerprint density at radius 1 is 1.42 bits per heavy atom. The number of likely N-dealkylation sites (tertiary alicyclic amines) is 1. The highest BCUT2D eigenvalue weighted by atomic mass is 16.4. The van der Waals surface area contributed by atoms with Crippen LogP contribution in [0, 0.1) is 11.8 Å². The minimum Gasteiger partial charge on any atom is -0.480 e. The van der Waals surface area contributed by atoms with Gasteiger partial charge in [-0.25, -0.2) is 0 Å². The lowest BCUT2D eigenvalue weighted by atomic mass is 9.91. The van der Waals surface area contributed by atoms with E-state index in [0.29, 0.717) is 24.4 Å². The molecule has 1 heterocycles. The number of nitrogens with zero attached hydrogens (tertiary/aromatic N) is 1. The van der Waals surface area contributed by atoms with Gasteiger partial charge in [0, 0.05) is 25.2 Å². The molecule has 0 bridgehead atoms. The molecule has 1 aliphatic heterocycles. The van der Waals surface area contributed by atoms with Gasteiger partial charge >= 0.3 is 5.97 Å². The van der Waals surface area contributed by atoms with E-state index in [-0.39, 0.29) is 6.04 Å². The lowest BCUT2D eigenvalue weighted by Crippen LogP contribution is -2.63. The molecule has 2 fully saturated rings. The van der Waals surface area contributed by atoms with Gasteiger partial charge in [0.05, 0.1) is 0 Å². The van der Waals surface area contributed by atoms with Crippen LogP contribution in [0.25, 0.3) is 0 Å². The van der Waals surface area contributed by atoms with Gasteiger partial charge < -0.3 is 5.11 Å². The minimum absolute atomic E-state index is 0.201. The SMILES string of the molecule is CC1CC(C)N(CC(NC(C)C)(C(=O)O)C2CC2)C1. The Kier molecular flexibility index (Phi) is 4.21. The second kappa shape index (κ2) is 5.41.